The number of aliphatic hydroxyl groups excluding tert-OH is 3. The number of phenolic OH excluding ortho intramolecular Hbond substituents is 1. The molecule has 0 bridgehead atoms. The van der Waals surface area contributed by atoms with E-state index < -0.39 is 75.6 Å². The smallest absolute Gasteiger partial charge is 0.255 e. The Hall–Kier alpha value is -3.21. The molecule has 0 saturated heterocycles. The largest absolute Gasteiger partial charge is 0.510 e. The number of ketones is 2. The predicted molar refractivity (Wildman–Crippen MR) is 110 cm³/mol. The minimum Gasteiger partial charge on any atom is -0.510 e. The molecule has 0 heterocycles. The highest BCUT2D eigenvalue weighted by atomic mass is 16.4. The predicted octanol–water partition coefficient (Wildman–Crippen LogP) is -0.348. The van der Waals surface area contributed by atoms with Crippen molar-refractivity contribution in [3.63, 3.8) is 0 Å². The third kappa shape index (κ3) is 2.48. The van der Waals surface area contributed by atoms with Crippen LogP contribution in [-0.2, 0) is 9.59 Å². The molecule has 3 aliphatic rings. The van der Waals surface area contributed by atoms with Crippen molar-refractivity contribution in [3.05, 3.63) is 52.0 Å². The standard InChI is InChI=1S/C22H24N2O8/c1-7-8-5-4-6-9(25)11(8)16(26)12-10(7)17(27)14-15(24(2)3)18(28)13(21(23)31)20(30)22(14,32)19(12)29/h4-7,10,14-15,17,25,27-29,32H,1-3H3,(H2,23,31)/t7?,10-,14-,15-,17+,22+/m1/s1. The summed E-state index contributed by atoms with van der Waals surface area (Å²) in [5, 5.41) is 55.0. The van der Waals surface area contributed by atoms with E-state index in [1.54, 1.807) is 19.1 Å². The average molecular weight is 444 g/mol. The van der Waals surface area contributed by atoms with Crippen LogP contribution in [0.3, 0.4) is 0 Å². The minimum absolute atomic E-state index is 0.104. The lowest BCUT2D eigenvalue weighted by atomic mass is 9.55. The van der Waals surface area contributed by atoms with Crippen LogP contribution >= 0.6 is 0 Å². The fourth-order valence-corrected chi connectivity index (χ4v) is 5.58. The van der Waals surface area contributed by atoms with Crippen molar-refractivity contribution in [3.8, 4) is 5.75 Å². The molecule has 1 amide bonds. The van der Waals surface area contributed by atoms with Crippen LogP contribution in [0, 0.1) is 11.8 Å². The van der Waals surface area contributed by atoms with Crippen LogP contribution in [-0.4, -0.2) is 79.7 Å². The Bertz CT molecular complexity index is 1140. The minimum atomic E-state index is -2.89. The Morgan fingerprint density at radius 3 is 2.34 bits per heavy atom. The van der Waals surface area contributed by atoms with Gasteiger partial charge in [-0.15, -0.1) is 0 Å². The van der Waals surface area contributed by atoms with Crippen molar-refractivity contribution in [2.24, 2.45) is 17.6 Å². The Morgan fingerprint density at radius 1 is 1.16 bits per heavy atom. The van der Waals surface area contributed by atoms with Gasteiger partial charge in [-0.1, -0.05) is 19.1 Å². The van der Waals surface area contributed by atoms with E-state index in [1.165, 1.54) is 25.1 Å². The molecule has 0 saturated carbocycles. The molecule has 7 N–H and O–H groups in total. The van der Waals surface area contributed by atoms with Gasteiger partial charge < -0.3 is 31.3 Å². The van der Waals surface area contributed by atoms with Crippen molar-refractivity contribution >= 4 is 17.5 Å². The summed E-state index contributed by atoms with van der Waals surface area (Å²) in [6.45, 7) is 1.68. The number of nitrogens with two attached hydrogens (primary N) is 1. The summed E-state index contributed by atoms with van der Waals surface area (Å²) < 4.78 is 0. The molecule has 10 heteroatoms. The lowest BCUT2D eigenvalue weighted by molar-refractivity contribution is -0.162. The van der Waals surface area contributed by atoms with Crippen molar-refractivity contribution < 1.29 is 39.9 Å². The second-order valence-corrected chi connectivity index (χ2v) is 8.79. The van der Waals surface area contributed by atoms with E-state index in [0.717, 1.165) is 0 Å². The lowest BCUT2D eigenvalue weighted by Crippen LogP contribution is -2.68. The number of rotatable bonds is 2. The number of amides is 1. The van der Waals surface area contributed by atoms with Crippen LogP contribution in [0.15, 0.2) is 40.9 Å². The number of hydrogen-bond acceptors (Lipinski definition) is 9. The van der Waals surface area contributed by atoms with Crippen LogP contribution in [0.25, 0.3) is 0 Å². The van der Waals surface area contributed by atoms with Gasteiger partial charge in [0.05, 0.1) is 23.6 Å². The quantitative estimate of drug-likeness (QED) is 0.332. The number of fused-ring (bicyclic) bond motifs is 3. The number of likely N-dealkylation sites (N-methyl/N-ethyl adjacent to an activating group) is 1. The summed E-state index contributed by atoms with van der Waals surface area (Å²) in [5.74, 6) is -8.86. The highest BCUT2D eigenvalue weighted by molar-refractivity contribution is 6.25. The Labute approximate surface area is 182 Å². The molecule has 10 nitrogen and oxygen atoms in total. The second kappa shape index (κ2) is 6.89. The van der Waals surface area contributed by atoms with E-state index in [1.807, 2.05) is 0 Å². The second-order valence-electron chi connectivity index (χ2n) is 8.79. The number of primary amides is 1. The molecule has 1 unspecified atom stereocenters. The normalized spacial score (nSPS) is 34.4. The number of aromatic hydroxyl groups is 1. The van der Waals surface area contributed by atoms with E-state index in [4.69, 9.17) is 5.73 Å². The summed E-state index contributed by atoms with van der Waals surface area (Å²) >= 11 is 0. The molecular formula is C22H24N2O8. The van der Waals surface area contributed by atoms with Crippen molar-refractivity contribution in [2.75, 3.05) is 14.1 Å². The van der Waals surface area contributed by atoms with Crippen molar-refractivity contribution in [2.45, 2.75) is 30.6 Å². The van der Waals surface area contributed by atoms with Gasteiger partial charge in [0, 0.05) is 11.5 Å². The monoisotopic (exact) mass is 444 g/mol. The molecule has 32 heavy (non-hydrogen) atoms. The first kappa shape index (κ1) is 22.0. The first-order chi connectivity index (χ1) is 14.9. The summed E-state index contributed by atoms with van der Waals surface area (Å²) in [6.07, 6.45) is -1.59. The number of phenols is 1. The molecule has 1 aromatic carbocycles. The summed E-state index contributed by atoms with van der Waals surface area (Å²) in [4.78, 5) is 39.8. The zero-order valence-electron chi connectivity index (χ0n) is 17.6. The Balaban J connectivity index is 2.06. The van der Waals surface area contributed by atoms with Gasteiger partial charge in [-0.25, -0.2) is 0 Å². The number of carbonyl (C=O) groups is 3. The van der Waals surface area contributed by atoms with Gasteiger partial charge in [0.15, 0.2) is 11.4 Å². The average Bonchev–Trinajstić information content (AvgIpc) is 2.70. The van der Waals surface area contributed by atoms with Gasteiger partial charge in [0.2, 0.25) is 5.78 Å². The number of Topliss-reactive ketones (excluding diaryl/α,β-unsaturated/α-hetero) is 2. The van der Waals surface area contributed by atoms with Gasteiger partial charge >= 0.3 is 0 Å². The third-order valence-electron chi connectivity index (χ3n) is 7.00. The summed E-state index contributed by atoms with van der Waals surface area (Å²) in [5.41, 5.74) is 1.36. The highest BCUT2D eigenvalue weighted by Crippen LogP contribution is 2.55. The van der Waals surface area contributed by atoms with E-state index in [0.29, 0.717) is 5.56 Å². The molecule has 6 atom stereocenters. The first-order valence-corrected chi connectivity index (χ1v) is 10.0. The maximum absolute atomic E-state index is 13.3. The molecular weight excluding hydrogens is 420 g/mol. The van der Waals surface area contributed by atoms with Crippen LogP contribution in [0.5, 0.6) is 5.75 Å². The zero-order valence-corrected chi connectivity index (χ0v) is 17.6. The number of aliphatic hydroxyl groups is 4. The maximum Gasteiger partial charge on any atom is 0.255 e. The van der Waals surface area contributed by atoms with Crippen molar-refractivity contribution in [1.82, 2.24) is 4.90 Å². The SMILES string of the molecule is CC1c2cccc(O)c2C(=O)C2=C(O)[C@]3(O)C(=O)C(C(N)=O)=C(O)[C@H](N(C)C)[C@@H]3[C@@H](O)[C@@H]21. The Kier molecular flexibility index (Phi) is 4.74. The maximum atomic E-state index is 13.3. The van der Waals surface area contributed by atoms with E-state index in [9.17, 15) is 39.9 Å². The zero-order chi connectivity index (χ0) is 23.9. The van der Waals surface area contributed by atoms with E-state index in [-0.39, 0.29) is 11.3 Å². The lowest BCUT2D eigenvalue weighted by Gasteiger charge is -2.53. The molecule has 0 aliphatic heterocycles. The molecule has 3 aliphatic carbocycles. The topological polar surface area (TPSA) is 182 Å². The first-order valence-electron chi connectivity index (χ1n) is 10.0. The molecule has 0 radical (unpaired) electrons. The number of hydrogen-bond donors (Lipinski definition) is 6. The van der Waals surface area contributed by atoms with Gasteiger partial charge in [0.1, 0.15) is 22.8 Å². The van der Waals surface area contributed by atoms with Gasteiger partial charge in [-0.2, -0.15) is 0 Å². The molecule has 4 rings (SSSR count). The van der Waals surface area contributed by atoms with Crippen LogP contribution < -0.4 is 5.73 Å². The number of carbonyl (C=O) groups excluding carboxylic acids is 3. The molecule has 0 aromatic heterocycles. The van der Waals surface area contributed by atoms with Gasteiger partial charge in [0.25, 0.3) is 5.91 Å². The van der Waals surface area contributed by atoms with Crippen LogP contribution in [0.4, 0.5) is 0 Å². The number of benzene rings is 1. The van der Waals surface area contributed by atoms with E-state index >= 15 is 0 Å². The Morgan fingerprint density at radius 2 is 1.78 bits per heavy atom. The molecule has 1 aromatic rings. The third-order valence-corrected chi connectivity index (χ3v) is 7.00. The fourth-order valence-electron chi connectivity index (χ4n) is 5.58. The van der Waals surface area contributed by atoms with Crippen LogP contribution in [0.2, 0.25) is 0 Å². The van der Waals surface area contributed by atoms with E-state index in [2.05, 4.69) is 0 Å². The molecule has 0 fully saturated rings. The van der Waals surface area contributed by atoms with Gasteiger partial charge in [-0.05, 0) is 31.6 Å². The van der Waals surface area contributed by atoms with Gasteiger partial charge in [-0.3, -0.25) is 19.3 Å². The van der Waals surface area contributed by atoms with Crippen molar-refractivity contribution in [1.29, 1.82) is 0 Å². The highest BCUT2D eigenvalue weighted by Gasteiger charge is 2.67. The molecule has 0 spiro atoms. The van der Waals surface area contributed by atoms with Crippen LogP contribution in [0.1, 0.15) is 28.8 Å². The summed E-state index contributed by atoms with van der Waals surface area (Å²) in [6, 6.07) is 3.17. The molecule has 170 valence electrons. The number of nitrogens with zero attached hydrogens (tertiary/aromatic N) is 1. The fraction of sp³-hybridized carbons (Fsp3) is 0.409. The summed E-state index contributed by atoms with van der Waals surface area (Å²) in [7, 11) is 2.98.